The lowest BCUT2D eigenvalue weighted by molar-refractivity contribution is -0.118. The van der Waals surface area contributed by atoms with E-state index in [0.717, 1.165) is 16.8 Å². The van der Waals surface area contributed by atoms with Crippen molar-refractivity contribution in [1.82, 2.24) is 10.1 Å². The number of carbonyl (C=O) groups excluding carboxylic acids is 1. The Morgan fingerprint density at radius 2 is 1.92 bits per heavy atom. The van der Waals surface area contributed by atoms with Crippen LogP contribution in [0.1, 0.15) is 17.0 Å². The van der Waals surface area contributed by atoms with Crippen molar-refractivity contribution in [1.29, 1.82) is 0 Å². The fourth-order valence-corrected chi connectivity index (χ4v) is 2.39. The van der Waals surface area contributed by atoms with E-state index in [1.807, 2.05) is 50.2 Å². The molecule has 2 aromatic carbocycles. The highest BCUT2D eigenvalue weighted by Crippen LogP contribution is 2.28. The Kier molecular flexibility index (Phi) is 4.79. The molecule has 0 fully saturated rings. The smallest absolute Gasteiger partial charge is 0.262 e. The number of nitrogens with one attached hydrogen (secondary N) is 1. The molecule has 0 radical (unpaired) electrons. The number of ether oxygens (including phenoxy) is 1. The lowest BCUT2D eigenvalue weighted by atomic mass is 10.1. The van der Waals surface area contributed by atoms with Gasteiger partial charge >= 0.3 is 0 Å². The number of aryl methyl sites for hydroxylation is 2. The molecule has 25 heavy (non-hydrogen) atoms. The van der Waals surface area contributed by atoms with Crippen molar-refractivity contribution in [2.75, 3.05) is 11.9 Å². The van der Waals surface area contributed by atoms with Crippen LogP contribution in [-0.2, 0) is 4.79 Å². The predicted molar refractivity (Wildman–Crippen MR) is 94.5 cm³/mol. The summed E-state index contributed by atoms with van der Waals surface area (Å²) in [5.41, 5.74) is 3.60. The molecule has 0 unspecified atom stereocenters. The molecule has 0 aliphatic rings. The predicted octanol–water partition coefficient (Wildman–Crippen LogP) is 3.68. The summed E-state index contributed by atoms with van der Waals surface area (Å²) in [7, 11) is 0. The molecule has 6 heteroatoms. The minimum absolute atomic E-state index is 0.114. The van der Waals surface area contributed by atoms with Crippen LogP contribution in [0.15, 0.2) is 47.0 Å². The van der Waals surface area contributed by atoms with Gasteiger partial charge in [-0.25, -0.2) is 0 Å². The molecule has 0 aliphatic heterocycles. The first-order valence-electron chi connectivity index (χ1n) is 7.93. The average Bonchev–Trinajstić information content (AvgIpc) is 3.04. The van der Waals surface area contributed by atoms with Crippen molar-refractivity contribution in [3.63, 3.8) is 0 Å². The number of carbonyl (C=O) groups is 1. The van der Waals surface area contributed by atoms with Gasteiger partial charge in [0.05, 0.1) is 5.56 Å². The topological polar surface area (TPSA) is 77.2 Å². The molecule has 0 aliphatic carbocycles. The Morgan fingerprint density at radius 1 is 1.12 bits per heavy atom. The largest absolute Gasteiger partial charge is 0.483 e. The van der Waals surface area contributed by atoms with E-state index in [4.69, 9.17) is 9.26 Å². The number of aromatic nitrogens is 2. The number of para-hydroxylation sites is 1. The molecule has 6 nitrogen and oxygen atoms in total. The highest BCUT2D eigenvalue weighted by atomic mass is 16.5. The van der Waals surface area contributed by atoms with E-state index < -0.39 is 0 Å². The van der Waals surface area contributed by atoms with Crippen molar-refractivity contribution >= 4 is 11.6 Å². The van der Waals surface area contributed by atoms with Gasteiger partial charge in [-0.05, 0) is 50.1 Å². The second kappa shape index (κ2) is 7.17. The second-order valence-corrected chi connectivity index (χ2v) is 5.73. The molecule has 1 aromatic heterocycles. The minimum Gasteiger partial charge on any atom is -0.483 e. The van der Waals surface area contributed by atoms with Crippen molar-refractivity contribution < 1.29 is 14.1 Å². The molecule has 0 atom stereocenters. The molecule has 3 rings (SSSR count). The molecule has 1 heterocycles. The number of nitrogens with zero attached hydrogens (tertiary/aromatic N) is 2. The van der Waals surface area contributed by atoms with Gasteiger partial charge in [-0.2, -0.15) is 4.98 Å². The normalized spacial score (nSPS) is 10.5. The monoisotopic (exact) mass is 337 g/mol. The Hall–Kier alpha value is -3.15. The zero-order valence-electron chi connectivity index (χ0n) is 14.4. The van der Waals surface area contributed by atoms with E-state index in [1.54, 1.807) is 13.0 Å². The van der Waals surface area contributed by atoms with Gasteiger partial charge in [0.1, 0.15) is 5.75 Å². The second-order valence-electron chi connectivity index (χ2n) is 5.73. The fourth-order valence-electron chi connectivity index (χ4n) is 2.39. The highest BCUT2D eigenvalue weighted by Gasteiger charge is 2.14. The van der Waals surface area contributed by atoms with E-state index in [0.29, 0.717) is 23.0 Å². The van der Waals surface area contributed by atoms with Crippen molar-refractivity contribution in [2.24, 2.45) is 0 Å². The van der Waals surface area contributed by atoms with Crippen LogP contribution in [0.25, 0.3) is 11.5 Å². The van der Waals surface area contributed by atoms with Gasteiger partial charge in [0.15, 0.2) is 12.4 Å². The number of hydrogen-bond acceptors (Lipinski definition) is 5. The number of amides is 1. The first kappa shape index (κ1) is 16.7. The van der Waals surface area contributed by atoms with Crippen molar-refractivity contribution in [2.45, 2.75) is 20.8 Å². The first-order valence-corrected chi connectivity index (χ1v) is 7.93. The molecular formula is C19H19N3O3. The van der Waals surface area contributed by atoms with Crippen LogP contribution >= 0.6 is 0 Å². The van der Waals surface area contributed by atoms with Crippen LogP contribution in [0, 0.1) is 20.8 Å². The molecular weight excluding hydrogens is 318 g/mol. The SMILES string of the molecule is Cc1noc(-c2ccccc2OCC(=O)Nc2cccc(C)c2C)n1. The van der Waals surface area contributed by atoms with Crippen LogP contribution < -0.4 is 10.1 Å². The lowest BCUT2D eigenvalue weighted by Crippen LogP contribution is -2.21. The van der Waals surface area contributed by atoms with E-state index in [-0.39, 0.29) is 12.5 Å². The highest BCUT2D eigenvalue weighted by molar-refractivity contribution is 5.92. The van der Waals surface area contributed by atoms with Gasteiger partial charge in [-0.1, -0.05) is 29.4 Å². The standard InChI is InChI=1S/C19H19N3O3/c1-12-7-6-9-16(13(12)2)21-18(23)11-24-17-10-5-4-8-15(17)19-20-14(3)22-25-19/h4-10H,11H2,1-3H3,(H,21,23). The Labute approximate surface area is 145 Å². The quantitative estimate of drug-likeness (QED) is 0.768. The summed E-state index contributed by atoms with van der Waals surface area (Å²) in [6.45, 7) is 5.61. The van der Waals surface area contributed by atoms with Crippen LogP contribution in [0.2, 0.25) is 0 Å². The molecule has 0 bridgehead atoms. The van der Waals surface area contributed by atoms with Crippen LogP contribution in [0.4, 0.5) is 5.69 Å². The number of benzene rings is 2. The molecule has 128 valence electrons. The van der Waals surface area contributed by atoms with Gasteiger partial charge in [0.25, 0.3) is 11.8 Å². The van der Waals surface area contributed by atoms with Gasteiger partial charge in [-0.15, -0.1) is 0 Å². The zero-order valence-corrected chi connectivity index (χ0v) is 14.4. The third kappa shape index (κ3) is 3.85. The number of rotatable bonds is 5. The van der Waals surface area contributed by atoms with Crippen LogP contribution in [0.3, 0.4) is 0 Å². The fraction of sp³-hybridized carbons (Fsp3) is 0.211. The maximum Gasteiger partial charge on any atom is 0.262 e. The van der Waals surface area contributed by atoms with Gasteiger partial charge < -0.3 is 14.6 Å². The summed E-state index contributed by atoms with van der Waals surface area (Å²) >= 11 is 0. The molecule has 1 amide bonds. The summed E-state index contributed by atoms with van der Waals surface area (Å²) in [6.07, 6.45) is 0. The van der Waals surface area contributed by atoms with Crippen LogP contribution in [0.5, 0.6) is 5.75 Å². The molecule has 3 aromatic rings. The van der Waals surface area contributed by atoms with E-state index in [9.17, 15) is 4.79 Å². The minimum atomic E-state index is -0.231. The summed E-state index contributed by atoms with van der Waals surface area (Å²) in [5, 5.41) is 6.65. The van der Waals surface area contributed by atoms with Gasteiger partial charge in [0, 0.05) is 5.69 Å². The van der Waals surface area contributed by atoms with Crippen LogP contribution in [-0.4, -0.2) is 22.7 Å². The van der Waals surface area contributed by atoms with Crippen molar-refractivity contribution in [3.05, 3.63) is 59.4 Å². The third-order valence-corrected chi connectivity index (χ3v) is 3.88. The number of hydrogen-bond donors (Lipinski definition) is 1. The summed E-state index contributed by atoms with van der Waals surface area (Å²) in [4.78, 5) is 16.4. The summed E-state index contributed by atoms with van der Waals surface area (Å²) < 4.78 is 10.8. The molecule has 0 saturated carbocycles. The Balaban J connectivity index is 1.70. The van der Waals surface area contributed by atoms with E-state index in [1.165, 1.54) is 0 Å². The third-order valence-electron chi connectivity index (χ3n) is 3.88. The maximum absolute atomic E-state index is 12.2. The van der Waals surface area contributed by atoms with Crippen molar-refractivity contribution in [3.8, 4) is 17.2 Å². The van der Waals surface area contributed by atoms with Gasteiger partial charge in [0.2, 0.25) is 0 Å². The first-order chi connectivity index (χ1) is 12.0. The summed E-state index contributed by atoms with van der Waals surface area (Å²) in [6, 6.07) is 13.0. The molecule has 0 saturated heterocycles. The molecule has 0 spiro atoms. The average molecular weight is 337 g/mol. The van der Waals surface area contributed by atoms with Gasteiger partial charge in [-0.3, -0.25) is 4.79 Å². The summed E-state index contributed by atoms with van der Waals surface area (Å²) in [5.74, 6) is 1.19. The Morgan fingerprint density at radius 3 is 2.68 bits per heavy atom. The Bertz CT molecular complexity index is 902. The maximum atomic E-state index is 12.2. The lowest BCUT2D eigenvalue weighted by Gasteiger charge is -2.12. The van der Waals surface area contributed by atoms with E-state index >= 15 is 0 Å². The number of anilines is 1. The zero-order chi connectivity index (χ0) is 17.8. The van der Waals surface area contributed by atoms with E-state index in [2.05, 4.69) is 15.5 Å². The molecule has 1 N–H and O–H groups in total.